The van der Waals surface area contributed by atoms with Crippen LogP contribution < -0.4 is 0 Å². The van der Waals surface area contributed by atoms with E-state index in [1.165, 1.54) is 25.2 Å². The molecule has 0 saturated heterocycles. The summed E-state index contributed by atoms with van der Waals surface area (Å²) in [5.74, 6) is -1.11. The van der Waals surface area contributed by atoms with Crippen molar-refractivity contribution in [2.45, 2.75) is 12.3 Å². The average Bonchev–Trinajstić information content (AvgIpc) is 2.45. The largest absolute Gasteiger partial charge is 0.508 e. The van der Waals surface area contributed by atoms with Crippen LogP contribution in [0.4, 0.5) is 4.39 Å². The van der Waals surface area contributed by atoms with Crippen molar-refractivity contribution in [3.8, 4) is 5.75 Å². The van der Waals surface area contributed by atoms with Gasteiger partial charge in [0.25, 0.3) is 0 Å². The minimum absolute atomic E-state index is 0.00279. The maximum atomic E-state index is 13.7. The van der Waals surface area contributed by atoms with Crippen LogP contribution in [-0.2, 0) is 22.3 Å². The van der Waals surface area contributed by atoms with E-state index in [1.807, 2.05) is 0 Å². The van der Waals surface area contributed by atoms with Crippen LogP contribution in [0.25, 0.3) is 0 Å². The Balaban J connectivity index is 2.19. The highest BCUT2D eigenvalue weighted by Gasteiger charge is 2.21. The number of hydrogen-bond acceptors (Lipinski definition) is 3. The van der Waals surface area contributed by atoms with Crippen LogP contribution in [-0.4, -0.2) is 24.9 Å². The topological polar surface area (TPSA) is 57.6 Å². The molecule has 0 spiro atoms. The van der Waals surface area contributed by atoms with Gasteiger partial charge in [0.2, 0.25) is 10.0 Å². The quantitative estimate of drug-likeness (QED) is 0.907. The summed E-state index contributed by atoms with van der Waals surface area (Å²) in [5.41, 5.74) is 0.483. The van der Waals surface area contributed by atoms with E-state index in [0.717, 1.165) is 10.4 Å². The molecule has 7 heteroatoms. The molecule has 2 aromatic carbocycles. The molecule has 0 aliphatic heterocycles. The fourth-order valence-electron chi connectivity index (χ4n) is 1.94. The number of phenolic OH excluding ortho intramolecular Hbond substituents is 1. The number of phenols is 1. The second-order valence-corrected chi connectivity index (χ2v) is 7.39. The van der Waals surface area contributed by atoms with E-state index in [4.69, 9.17) is 11.6 Å². The van der Waals surface area contributed by atoms with Gasteiger partial charge in [0.15, 0.2) is 0 Å². The predicted molar refractivity (Wildman–Crippen MR) is 83.6 cm³/mol. The summed E-state index contributed by atoms with van der Waals surface area (Å²) >= 11 is 5.77. The predicted octanol–water partition coefficient (Wildman–Crippen LogP) is 3.15. The number of hydrogen-bond donors (Lipinski definition) is 1. The van der Waals surface area contributed by atoms with E-state index in [1.54, 1.807) is 18.2 Å². The molecule has 0 aromatic heterocycles. The Kier molecular flexibility index (Phi) is 5.05. The molecule has 0 fully saturated rings. The number of rotatable bonds is 5. The van der Waals surface area contributed by atoms with E-state index in [-0.39, 0.29) is 22.9 Å². The Bertz CT molecular complexity index is 780. The zero-order chi connectivity index (χ0) is 16.3. The van der Waals surface area contributed by atoms with Crippen LogP contribution in [0.3, 0.4) is 0 Å². The molecule has 0 amide bonds. The Morgan fingerprint density at radius 2 is 1.86 bits per heavy atom. The SMILES string of the molecule is CN(Cc1ccccc1O)S(=O)(=O)Cc1cc(Cl)ccc1F. The summed E-state index contributed by atoms with van der Waals surface area (Å²) in [6, 6.07) is 10.2. The smallest absolute Gasteiger partial charge is 0.218 e. The fourth-order valence-corrected chi connectivity index (χ4v) is 3.31. The second kappa shape index (κ2) is 6.64. The highest BCUT2D eigenvalue weighted by atomic mass is 35.5. The van der Waals surface area contributed by atoms with Crippen molar-refractivity contribution in [1.29, 1.82) is 0 Å². The number of benzene rings is 2. The van der Waals surface area contributed by atoms with Gasteiger partial charge in [-0.3, -0.25) is 0 Å². The normalized spacial score (nSPS) is 11.8. The van der Waals surface area contributed by atoms with Crippen molar-refractivity contribution in [3.63, 3.8) is 0 Å². The lowest BCUT2D eigenvalue weighted by Gasteiger charge is -2.18. The average molecular weight is 344 g/mol. The molecule has 1 N–H and O–H groups in total. The first-order valence-corrected chi connectivity index (χ1v) is 8.43. The van der Waals surface area contributed by atoms with Gasteiger partial charge in [-0.2, -0.15) is 0 Å². The van der Waals surface area contributed by atoms with Crippen LogP contribution >= 0.6 is 11.6 Å². The second-order valence-electron chi connectivity index (χ2n) is 4.88. The maximum Gasteiger partial charge on any atom is 0.218 e. The number of halogens is 2. The van der Waals surface area contributed by atoms with Gasteiger partial charge < -0.3 is 5.11 Å². The summed E-state index contributed by atoms with van der Waals surface area (Å²) in [7, 11) is -2.36. The third kappa shape index (κ3) is 3.97. The maximum absolute atomic E-state index is 13.7. The van der Waals surface area contributed by atoms with E-state index in [0.29, 0.717) is 5.56 Å². The Hall–Kier alpha value is -1.63. The summed E-state index contributed by atoms with van der Waals surface area (Å²) in [6.45, 7) is -0.00279. The van der Waals surface area contributed by atoms with E-state index in [9.17, 15) is 17.9 Å². The van der Waals surface area contributed by atoms with E-state index >= 15 is 0 Å². The van der Waals surface area contributed by atoms with Gasteiger partial charge in [-0.05, 0) is 24.3 Å². The monoisotopic (exact) mass is 343 g/mol. The Morgan fingerprint density at radius 3 is 2.55 bits per heavy atom. The fraction of sp³-hybridized carbons (Fsp3) is 0.200. The zero-order valence-electron chi connectivity index (χ0n) is 11.8. The van der Waals surface area contributed by atoms with Crippen LogP contribution in [0.5, 0.6) is 5.75 Å². The summed E-state index contributed by atoms with van der Waals surface area (Å²) in [4.78, 5) is 0. The Morgan fingerprint density at radius 1 is 1.18 bits per heavy atom. The van der Waals surface area contributed by atoms with Crippen molar-refractivity contribution in [2.24, 2.45) is 0 Å². The minimum Gasteiger partial charge on any atom is -0.508 e. The van der Waals surface area contributed by atoms with Gasteiger partial charge in [0.1, 0.15) is 11.6 Å². The molecule has 0 unspecified atom stereocenters. The molecular formula is C15H15ClFNO3S. The van der Waals surface area contributed by atoms with Gasteiger partial charge in [0.05, 0.1) is 5.75 Å². The molecule has 0 atom stereocenters. The van der Waals surface area contributed by atoms with E-state index in [2.05, 4.69) is 0 Å². The van der Waals surface area contributed by atoms with Gasteiger partial charge in [-0.25, -0.2) is 17.1 Å². The van der Waals surface area contributed by atoms with Crippen LogP contribution in [0.1, 0.15) is 11.1 Å². The van der Waals surface area contributed by atoms with Crippen LogP contribution in [0, 0.1) is 5.82 Å². The molecule has 0 radical (unpaired) electrons. The number of aromatic hydroxyl groups is 1. The zero-order valence-corrected chi connectivity index (χ0v) is 13.4. The minimum atomic E-state index is -3.74. The van der Waals surface area contributed by atoms with Gasteiger partial charge in [-0.1, -0.05) is 29.8 Å². The molecule has 118 valence electrons. The molecular weight excluding hydrogens is 329 g/mol. The Labute approximate surface area is 133 Å². The molecule has 2 aromatic rings. The molecule has 0 aliphatic carbocycles. The lowest BCUT2D eigenvalue weighted by molar-refractivity contribution is 0.435. The van der Waals surface area contributed by atoms with Crippen LogP contribution in [0.2, 0.25) is 5.02 Å². The summed E-state index contributed by atoms with van der Waals surface area (Å²) in [5, 5.41) is 9.97. The summed E-state index contributed by atoms with van der Waals surface area (Å²) in [6.07, 6.45) is 0. The molecule has 22 heavy (non-hydrogen) atoms. The third-order valence-electron chi connectivity index (χ3n) is 3.21. The molecule has 0 bridgehead atoms. The molecule has 2 rings (SSSR count). The number of sulfonamides is 1. The molecule has 0 heterocycles. The highest BCUT2D eigenvalue weighted by Crippen LogP contribution is 2.22. The van der Waals surface area contributed by atoms with Crippen molar-refractivity contribution < 1.29 is 17.9 Å². The van der Waals surface area contributed by atoms with Gasteiger partial charge in [-0.15, -0.1) is 0 Å². The van der Waals surface area contributed by atoms with Crippen LogP contribution in [0.15, 0.2) is 42.5 Å². The summed E-state index contributed by atoms with van der Waals surface area (Å²) < 4.78 is 39.4. The van der Waals surface area contributed by atoms with Gasteiger partial charge in [0, 0.05) is 29.7 Å². The lowest BCUT2D eigenvalue weighted by Crippen LogP contribution is -2.28. The van der Waals surface area contributed by atoms with Crippen molar-refractivity contribution in [2.75, 3.05) is 7.05 Å². The first kappa shape index (κ1) is 16.7. The first-order chi connectivity index (χ1) is 10.3. The van der Waals surface area contributed by atoms with Gasteiger partial charge >= 0.3 is 0 Å². The molecule has 0 saturated carbocycles. The highest BCUT2D eigenvalue weighted by molar-refractivity contribution is 7.88. The van der Waals surface area contributed by atoms with Crippen molar-refractivity contribution >= 4 is 21.6 Å². The van der Waals surface area contributed by atoms with Crippen molar-refractivity contribution in [3.05, 3.63) is 64.4 Å². The first-order valence-electron chi connectivity index (χ1n) is 6.44. The van der Waals surface area contributed by atoms with E-state index < -0.39 is 21.6 Å². The lowest BCUT2D eigenvalue weighted by atomic mass is 10.2. The van der Waals surface area contributed by atoms with Crippen molar-refractivity contribution in [1.82, 2.24) is 4.31 Å². The number of nitrogens with zero attached hydrogens (tertiary/aromatic N) is 1. The third-order valence-corrected chi connectivity index (χ3v) is 5.19. The number of para-hydroxylation sites is 1. The molecule has 0 aliphatic rings. The standard InChI is InChI=1S/C15H15ClFNO3S/c1-18(9-11-4-2-3-5-15(11)19)22(20,21)10-12-8-13(16)6-7-14(12)17/h2-8,19H,9-10H2,1H3. The molecule has 4 nitrogen and oxygen atoms in total.